The SMILES string of the molecule is CCCCCCCCCCN(CCCCCCCCCC(C)(C)C)CCCCCCCCCC(C)(C)C.[Li]. The molecule has 0 heterocycles. The van der Waals surface area contributed by atoms with Crippen LogP contribution in [0.25, 0.3) is 0 Å². The molecule has 0 N–H and O–H groups in total. The summed E-state index contributed by atoms with van der Waals surface area (Å²) in [7, 11) is 0. The summed E-state index contributed by atoms with van der Waals surface area (Å²) in [5.41, 5.74) is 1.04. The van der Waals surface area contributed by atoms with E-state index in [2.05, 4.69) is 53.4 Å². The van der Waals surface area contributed by atoms with Gasteiger partial charge >= 0.3 is 0 Å². The van der Waals surface area contributed by atoms with Gasteiger partial charge in [0, 0.05) is 18.9 Å². The number of rotatable bonds is 27. The Bertz CT molecular complexity index is 415. The molecule has 0 aromatic carbocycles. The van der Waals surface area contributed by atoms with Crippen LogP contribution in [0.15, 0.2) is 0 Å². The van der Waals surface area contributed by atoms with Crippen LogP contribution in [-0.2, 0) is 0 Å². The van der Waals surface area contributed by atoms with Gasteiger partial charge < -0.3 is 4.90 Å². The van der Waals surface area contributed by atoms with Crippen LogP contribution in [0.1, 0.15) is 203 Å². The van der Waals surface area contributed by atoms with Crippen molar-refractivity contribution in [3.63, 3.8) is 0 Å². The van der Waals surface area contributed by atoms with Gasteiger partial charge in [-0.3, -0.25) is 0 Å². The van der Waals surface area contributed by atoms with Gasteiger partial charge in [-0.15, -0.1) is 0 Å². The van der Waals surface area contributed by atoms with Gasteiger partial charge in [-0.1, -0.05) is 170 Å². The molecule has 0 aliphatic carbocycles. The Morgan fingerprint density at radius 3 is 0.842 bits per heavy atom. The van der Waals surface area contributed by atoms with Crippen molar-refractivity contribution in [2.24, 2.45) is 10.8 Å². The normalized spacial score (nSPS) is 12.3. The van der Waals surface area contributed by atoms with Crippen molar-refractivity contribution < 1.29 is 0 Å². The summed E-state index contributed by atoms with van der Waals surface area (Å²) in [5, 5.41) is 0. The van der Waals surface area contributed by atoms with Gasteiger partial charge in [0.15, 0.2) is 0 Å². The van der Waals surface area contributed by atoms with Crippen LogP contribution in [0.5, 0.6) is 0 Å². The molecular formula is C36H75LiN. The predicted molar refractivity (Wildman–Crippen MR) is 178 cm³/mol. The molecule has 0 aromatic heterocycles. The number of unbranched alkanes of at least 4 members (excludes halogenated alkanes) is 19. The molecule has 0 unspecified atom stereocenters. The second-order valence-electron chi connectivity index (χ2n) is 14.9. The van der Waals surface area contributed by atoms with Crippen molar-refractivity contribution in [3.8, 4) is 0 Å². The first kappa shape index (κ1) is 40.7. The molecule has 0 atom stereocenters. The van der Waals surface area contributed by atoms with Crippen LogP contribution in [0.4, 0.5) is 0 Å². The van der Waals surface area contributed by atoms with Gasteiger partial charge in [-0.25, -0.2) is 0 Å². The summed E-state index contributed by atoms with van der Waals surface area (Å²) in [6.07, 6.45) is 34.5. The topological polar surface area (TPSA) is 3.24 Å². The zero-order valence-electron chi connectivity index (χ0n) is 28.5. The fourth-order valence-electron chi connectivity index (χ4n) is 5.55. The third-order valence-electron chi connectivity index (χ3n) is 8.13. The Hall–Kier alpha value is 0.557. The van der Waals surface area contributed by atoms with E-state index in [0.717, 1.165) is 0 Å². The average Bonchev–Trinajstić information content (AvgIpc) is 2.81. The van der Waals surface area contributed by atoms with E-state index >= 15 is 0 Å². The molecule has 0 aliphatic heterocycles. The minimum absolute atomic E-state index is 0. The van der Waals surface area contributed by atoms with Crippen LogP contribution in [0.2, 0.25) is 0 Å². The van der Waals surface area contributed by atoms with Crippen LogP contribution >= 0.6 is 0 Å². The Morgan fingerprint density at radius 2 is 0.579 bits per heavy atom. The molecule has 2 heteroatoms. The average molecular weight is 529 g/mol. The maximum atomic E-state index is 2.84. The molecule has 0 spiro atoms. The third kappa shape index (κ3) is 34.6. The molecule has 1 nitrogen and oxygen atoms in total. The first-order chi connectivity index (χ1) is 17.6. The van der Waals surface area contributed by atoms with Gasteiger partial charge in [-0.05, 0) is 62.6 Å². The van der Waals surface area contributed by atoms with Crippen molar-refractivity contribution in [2.45, 2.75) is 203 Å². The maximum Gasteiger partial charge on any atom is 0 e. The first-order valence-electron chi connectivity index (χ1n) is 17.4. The third-order valence-corrected chi connectivity index (χ3v) is 8.13. The van der Waals surface area contributed by atoms with Gasteiger partial charge in [0.2, 0.25) is 0 Å². The van der Waals surface area contributed by atoms with Crippen molar-refractivity contribution >= 4 is 18.9 Å². The second kappa shape index (κ2) is 27.7. The van der Waals surface area contributed by atoms with Crippen molar-refractivity contribution in [1.82, 2.24) is 4.90 Å². The van der Waals surface area contributed by atoms with Crippen LogP contribution < -0.4 is 0 Å². The largest absolute Gasteiger partial charge is 0.303 e. The zero-order chi connectivity index (χ0) is 27.7. The molecule has 0 fully saturated rings. The summed E-state index contributed by atoms with van der Waals surface area (Å²) in [6, 6.07) is 0. The fraction of sp³-hybridized carbons (Fsp3) is 1.00. The monoisotopic (exact) mass is 529 g/mol. The molecule has 0 bridgehead atoms. The smallest absolute Gasteiger partial charge is 0 e. The van der Waals surface area contributed by atoms with Crippen LogP contribution in [0, 0.1) is 10.8 Å². The van der Waals surface area contributed by atoms with E-state index in [1.54, 1.807) is 0 Å². The summed E-state index contributed by atoms with van der Waals surface area (Å²) < 4.78 is 0. The molecule has 1 radical (unpaired) electrons. The van der Waals surface area contributed by atoms with Gasteiger partial charge in [0.05, 0.1) is 0 Å². The summed E-state index contributed by atoms with van der Waals surface area (Å²) >= 11 is 0. The van der Waals surface area contributed by atoms with E-state index in [4.69, 9.17) is 0 Å². The zero-order valence-corrected chi connectivity index (χ0v) is 28.5. The van der Waals surface area contributed by atoms with Gasteiger partial charge in [0.25, 0.3) is 0 Å². The predicted octanol–water partition coefficient (Wildman–Crippen LogP) is 12.4. The van der Waals surface area contributed by atoms with Gasteiger partial charge in [-0.2, -0.15) is 0 Å². The molecule has 0 aliphatic rings. The second-order valence-corrected chi connectivity index (χ2v) is 14.9. The van der Waals surface area contributed by atoms with E-state index in [0.29, 0.717) is 10.8 Å². The van der Waals surface area contributed by atoms with Gasteiger partial charge in [0.1, 0.15) is 0 Å². The van der Waals surface area contributed by atoms with Crippen LogP contribution in [-0.4, -0.2) is 43.4 Å². The minimum atomic E-state index is 0. The van der Waals surface area contributed by atoms with E-state index < -0.39 is 0 Å². The Labute approximate surface area is 256 Å². The number of hydrogen-bond donors (Lipinski definition) is 0. The molecule has 0 aromatic rings. The van der Waals surface area contributed by atoms with Crippen molar-refractivity contribution in [1.29, 1.82) is 0 Å². The standard InChI is InChI=1S/C36H75N.Li/c1-8-9-10-11-12-17-22-27-32-37(33-28-23-18-13-15-20-25-30-35(2,3)4)34-29-24-19-14-16-21-26-31-36(5,6)7;/h8-34H2,1-7H3;. The molecule has 0 saturated carbocycles. The van der Waals surface area contributed by atoms with Crippen molar-refractivity contribution in [3.05, 3.63) is 0 Å². The van der Waals surface area contributed by atoms with Crippen molar-refractivity contribution in [2.75, 3.05) is 19.6 Å². The molecule has 0 amide bonds. The quantitative estimate of drug-likeness (QED) is 0.0756. The summed E-state index contributed by atoms with van der Waals surface area (Å²) in [5.74, 6) is 0. The number of nitrogens with zero attached hydrogens (tertiary/aromatic N) is 1. The Kier molecular flexibility index (Phi) is 29.7. The van der Waals surface area contributed by atoms with E-state index in [-0.39, 0.29) is 18.9 Å². The van der Waals surface area contributed by atoms with Crippen LogP contribution in [0.3, 0.4) is 0 Å². The Balaban J connectivity index is 0. The van der Waals surface area contributed by atoms with E-state index in [1.807, 2.05) is 0 Å². The molecule has 0 saturated heterocycles. The maximum absolute atomic E-state index is 2.84. The minimum Gasteiger partial charge on any atom is -0.303 e. The fourth-order valence-corrected chi connectivity index (χ4v) is 5.55. The Morgan fingerprint density at radius 1 is 0.342 bits per heavy atom. The van der Waals surface area contributed by atoms with E-state index in [1.165, 1.54) is 174 Å². The van der Waals surface area contributed by atoms with E-state index in [9.17, 15) is 0 Å². The first-order valence-corrected chi connectivity index (χ1v) is 17.4. The molecule has 225 valence electrons. The summed E-state index contributed by atoms with van der Waals surface area (Å²) in [6.45, 7) is 20.6. The number of hydrogen-bond acceptors (Lipinski definition) is 1. The molecule has 0 rings (SSSR count). The summed E-state index contributed by atoms with van der Waals surface area (Å²) in [4.78, 5) is 2.84. The molecular weight excluding hydrogens is 453 g/mol. The molecule has 38 heavy (non-hydrogen) atoms.